The van der Waals surface area contributed by atoms with Crippen molar-refractivity contribution in [3.63, 3.8) is 0 Å². The van der Waals surface area contributed by atoms with Crippen molar-refractivity contribution < 1.29 is 9.53 Å². The molecule has 1 heterocycles. The molecule has 0 aliphatic heterocycles. The van der Waals surface area contributed by atoms with Crippen molar-refractivity contribution in [2.24, 2.45) is 0 Å². The van der Waals surface area contributed by atoms with Crippen LogP contribution in [0.5, 0.6) is 5.75 Å². The largest absolute Gasteiger partial charge is 0.492 e. The van der Waals surface area contributed by atoms with Gasteiger partial charge in [-0.1, -0.05) is 17.7 Å². The van der Waals surface area contributed by atoms with E-state index in [-0.39, 0.29) is 5.78 Å². The number of hydrogen-bond acceptors (Lipinski definition) is 3. The molecule has 3 nitrogen and oxygen atoms in total. The van der Waals surface area contributed by atoms with Crippen LogP contribution in [-0.4, -0.2) is 17.4 Å². The lowest BCUT2D eigenvalue weighted by molar-refractivity contribution is 0.101. The first-order valence-corrected chi connectivity index (χ1v) is 6.37. The third-order valence-corrected chi connectivity index (χ3v) is 3.00. The number of Topliss-reactive ketones (excluding diaryl/α,β-unsaturated/α-hetero) is 1. The Morgan fingerprint density at radius 1 is 1.37 bits per heavy atom. The van der Waals surface area contributed by atoms with Crippen LogP contribution < -0.4 is 4.74 Å². The van der Waals surface area contributed by atoms with Crippen LogP contribution in [0.2, 0.25) is 5.02 Å². The highest BCUT2D eigenvalue weighted by Gasteiger charge is 2.06. The zero-order chi connectivity index (χ0) is 13.7. The van der Waals surface area contributed by atoms with E-state index in [4.69, 9.17) is 16.3 Å². The van der Waals surface area contributed by atoms with Gasteiger partial charge in [0.15, 0.2) is 5.78 Å². The number of hydrogen-bond donors (Lipinski definition) is 0. The van der Waals surface area contributed by atoms with Gasteiger partial charge in [0.1, 0.15) is 5.75 Å². The Morgan fingerprint density at radius 3 is 2.84 bits per heavy atom. The van der Waals surface area contributed by atoms with Crippen molar-refractivity contribution in [2.75, 3.05) is 6.61 Å². The summed E-state index contributed by atoms with van der Waals surface area (Å²) in [6, 6.07) is 8.96. The molecule has 0 spiro atoms. The minimum atomic E-state index is -0.0104. The number of nitrogens with zero attached hydrogens (tertiary/aromatic N) is 1. The number of carbonyl (C=O) groups is 1. The molecule has 0 amide bonds. The van der Waals surface area contributed by atoms with Crippen molar-refractivity contribution >= 4 is 17.4 Å². The van der Waals surface area contributed by atoms with E-state index in [9.17, 15) is 4.79 Å². The number of halogens is 1. The highest BCUT2D eigenvalue weighted by Crippen LogP contribution is 2.25. The van der Waals surface area contributed by atoms with E-state index in [1.807, 2.05) is 18.3 Å². The normalized spacial score (nSPS) is 10.2. The summed E-state index contributed by atoms with van der Waals surface area (Å²) in [5, 5.41) is 0.457. The number of aromatic nitrogens is 1. The molecule has 0 aliphatic carbocycles. The highest BCUT2D eigenvalue weighted by atomic mass is 35.5. The summed E-state index contributed by atoms with van der Waals surface area (Å²) in [6.45, 7) is 2.03. The maximum Gasteiger partial charge on any atom is 0.159 e. The number of carbonyl (C=O) groups excluding carboxylic acids is 1. The standard InChI is InChI=1S/C15H14ClNO2/c1-11(18)13-4-5-15(14(16)9-13)19-8-6-12-3-2-7-17-10-12/h2-5,7,9-10H,6,8H2,1H3. The van der Waals surface area contributed by atoms with Gasteiger partial charge in [-0.3, -0.25) is 9.78 Å². The minimum Gasteiger partial charge on any atom is -0.492 e. The third-order valence-electron chi connectivity index (χ3n) is 2.71. The first-order valence-electron chi connectivity index (χ1n) is 5.99. The molecule has 0 saturated heterocycles. The summed E-state index contributed by atoms with van der Waals surface area (Å²) < 4.78 is 5.60. The van der Waals surface area contributed by atoms with Crippen LogP contribution in [-0.2, 0) is 6.42 Å². The molecule has 2 rings (SSSR count). The van der Waals surface area contributed by atoms with Gasteiger partial charge in [0.25, 0.3) is 0 Å². The molecule has 98 valence electrons. The van der Waals surface area contributed by atoms with Crippen LogP contribution in [0.4, 0.5) is 0 Å². The van der Waals surface area contributed by atoms with Gasteiger partial charge in [0.2, 0.25) is 0 Å². The maximum atomic E-state index is 11.2. The van der Waals surface area contributed by atoms with Gasteiger partial charge in [-0.15, -0.1) is 0 Å². The van der Waals surface area contributed by atoms with Gasteiger partial charge in [-0.2, -0.15) is 0 Å². The number of benzene rings is 1. The average Bonchev–Trinajstić information content (AvgIpc) is 2.41. The molecule has 0 aliphatic rings. The van der Waals surface area contributed by atoms with Crippen molar-refractivity contribution in [1.82, 2.24) is 4.98 Å². The number of pyridine rings is 1. The summed E-state index contributed by atoms with van der Waals surface area (Å²) >= 11 is 6.07. The molecular weight excluding hydrogens is 262 g/mol. The predicted molar refractivity (Wildman–Crippen MR) is 74.9 cm³/mol. The molecule has 0 radical (unpaired) electrons. The molecule has 1 aromatic heterocycles. The molecule has 2 aromatic rings. The molecule has 0 atom stereocenters. The Morgan fingerprint density at radius 2 is 2.21 bits per heavy atom. The van der Waals surface area contributed by atoms with E-state index in [1.54, 1.807) is 24.4 Å². The van der Waals surface area contributed by atoms with Crippen molar-refractivity contribution in [2.45, 2.75) is 13.3 Å². The summed E-state index contributed by atoms with van der Waals surface area (Å²) in [5.74, 6) is 0.583. The molecule has 0 saturated carbocycles. The fraction of sp³-hybridized carbons (Fsp3) is 0.200. The Kier molecular flexibility index (Phi) is 4.53. The van der Waals surface area contributed by atoms with Crippen LogP contribution in [0.15, 0.2) is 42.7 Å². The highest BCUT2D eigenvalue weighted by molar-refractivity contribution is 6.32. The molecule has 0 N–H and O–H groups in total. The van der Waals surface area contributed by atoms with Crippen LogP contribution in [0.3, 0.4) is 0 Å². The number of ether oxygens (including phenoxy) is 1. The topological polar surface area (TPSA) is 39.2 Å². The zero-order valence-corrected chi connectivity index (χ0v) is 11.4. The second kappa shape index (κ2) is 6.34. The fourth-order valence-corrected chi connectivity index (χ4v) is 1.90. The smallest absolute Gasteiger partial charge is 0.159 e. The van der Waals surface area contributed by atoms with Crippen molar-refractivity contribution in [3.05, 3.63) is 58.9 Å². The Hall–Kier alpha value is -1.87. The van der Waals surface area contributed by atoms with Crippen LogP contribution in [0.25, 0.3) is 0 Å². The Labute approximate surface area is 117 Å². The second-order valence-corrected chi connectivity index (χ2v) is 4.57. The zero-order valence-electron chi connectivity index (χ0n) is 10.6. The summed E-state index contributed by atoms with van der Waals surface area (Å²) in [4.78, 5) is 15.2. The molecule has 4 heteroatoms. The Balaban J connectivity index is 1.95. The molecular formula is C15H14ClNO2. The summed E-state index contributed by atoms with van der Waals surface area (Å²) in [5.41, 5.74) is 1.70. The second-order valence-electron chi connectivity index (χ2n) is 4.16. The monoisotopic (exact) mass is 275 g/mol. The first kappa shape index (κ1) is 13.6. The predicted octanol–water partition coefficient (Wildman–Crippen LogP) is 3.56. The van der Waals surface area contributed by atoms with E-state index < -0.39 is 0 Å². The molecule has 0 bridgehead atoms. The van der Waals surface area contributed by atoms with E-state index in [1.165, 1.54) is 6.92 Å². The van der Waals surface area contributed by atoms with Gasteiger partial charge in [0.05, 0.1) is 11.6 Å². The quantitative estimate of drug-likeness (QED) is 0.783. The minimum absolute atomic E-state index is 0.0104. The third kappa shape index (κ3) is 3.80. The van der Waals surface area contributed by atoms with Crippen LogP contribution >= 0.6 is 11.6 Å². The molecule has 19 heavy (non-hydrogen) atoms. The van der Waals surface area contributed by atoms with Gasteiger partial charge in [-0.25, -0.2) is 0 Å². The van der Waals surface area contributed by atoms with E-state index in [0.29, 0.717) is 22.9 Å². The van der Waals surface area contributed by atoms with Crippen molar-refractivity contribution in [1.29, 1.82) is 0 Å². The van der Waals surface area contributed by atoms with Crippen LogP contribution in [0, 0.1) is 0 Å². The number of ketones is 1. The van der Waals surface area contributed by atoms with Gasteiger partial charge in [0, 0.05) is 24.4 Å². The van der Waals surface area contributed by atoms with Crippen LogP contribution in [0.1, 0.15) is 22.8 Å². The molecule has 0 fully saturated rings. The average molecular weight is 276 g/mol. The fourth-order valence-electron chi connectivity index (χ4n) is 1.66. The molecule has 0 unspecified atom stereocenters. The lowest BCUT2D eigenvalue weighted by Crippen LogP contribution is -2.02. The number of rotatable bonds is 5. The SMILES string of the molecule is CC(=O)c1ccc(OCCc2cccnc2)c(Cl)c1. The van der Waals surface area contributed by atoms with E-state index in [2.05, 4.69) is 4.98 Å². The van der Waals surface area contributed by atoms with Gasteiger partial charge in [-0.05, 0) is 36.8 Å². The van der Waals surface area contributed by atoms with E-state index >= 15 is 0 Å². The van der Waals surface area contributed by atoms with E-state index in [0.717, 1.165) is 12.0 Å². The van der Waals surface area contributed by atoms with Gasteiger partial charge < -0.3 is 4.74 Å². The lowest BCUT2D eigenvalue weighted by Gasteiger charge is -2.08. The van der Waals surface area contributed by atoms with Gasteiger partial charge >= 0.3 is 0 Å². The lowest BCUT2D eigenvalue weighted by atomic mass is 10.1. The first-order chi connectivity index (χ1) is 9.16. The Bertz CT molecular complexity index is 570. The maximum absolute atomic E-state index is 11.2. The summed E-state index contributed by atoms with van der Waals surface area (Å²) in [6.07, 6.45) is 4.31. The van der Waals surface area contributed by atoms with Crippen molar-refractivity contribution in [3.8, 4) is 5.75 Å². The molecule has 1 aromatic carbocycles. The summed E-state index contributed by atoms with van der Waals surface area (Å²) in [7, 11) is 0.